The summed E-state index contributed by atoms with van der Waals surface area (Å²) in [4.78, 5) is 14.4. The predicted octanol–water partition coefficient (Wildman–Crippen LogP) is 3.01. The van der Waals surface area contributed by atoms with Gasteiger partial charge >= 0.3 is 0 Å². The van der Waals surface area contributed by atoms with Gasteiger partial charge in [0.05, 0.1) is 7.11 Å². The van der Waals surface area contributed by atoms with Gasteiger partial charge in [0.1, 0.15) is 11.6 Å². The highest BCUT2D eigenvalue weighted by Gasteiger charge is 2.23. The number of piperidine rings is 1. The Balaban J connectivity index is 1.53. The molecule has 2 aromatic rings. The molecule has 26 heavy (non-hydrogen) atoms. The van der Waals surface area contributed by atoms with Gasteiger partial charge in [0.15, 0.2) is 5.69 Å². The molecule has 1 aromatic carbocycles. The summed E-state index contributed by atoms with van der Waals surface area (Å²) in [5.41, 5.74) is 1.55. The smallest absolute Gasteiger partial charge is 0.274 e. The number of benzene rings is 1. The third-order valence-corrected chi connectivity index (χ3v) is 4.72. The number of anilines is 1. The minimum atomic E-state index is -0.0235. The minimum absolute atomic E-state index is 0.0235. The molecule has 0 radical (unpaired) electrons. The maximum atomic E-state index is 12.5. The monoisotopic (exact) mass is 354 g/mol. The van der Waals surface area contributed by atoms with Crippen molar-refractivity contribution in [3.05, 3.63) is 47.7 Å². The maximum Gasteiger partial charge on any atom is 0.274 e. The first-order valence-electron chi connectivity index (χ1n) is 9.16. The van der Waals surface area contributed by atoms with Gasteiger partial charge in [0.2, 0.25) is 0 Å². The Morgan fingerprint density at radius 3 is 2.85 bits per heavy atom. The highest BCUT2D eigenvalue weighted by Crippen LogP contribution is 2.19. The van der Waals surface area contributed by atoms with Crippen LogP contribution in [0, 0.1) is 5.92 Å². The van der Waals surface area contributed by atoms with E-state index >= 15 is 0 Å². The van der Waals surface area contributed by atoms with Crippen molar-refractivity contribution in [2.45, 2.75) is 26.2 Å². The van der Waals surface area contributed by atoms with Crippen LogP contribution in [0.2, 0.25) is 0 Å². The van der Waals surface area contributed by atoms with E-state index in [9.17, 15) is 4.79 Å². The molecule has 2 heterocycles. The van der Waals surface area contributed by atoms with Gasteiger partial charge in [-0.05, 0) is 48.9 Å². The van der Waals surface area contributed by atoms with Crippen LogP contribution in [-0.2, 0) is 6.42 Å². The topological polar surface area (TPSA) is 67.3 Å². The molecule has 6 heteroatoms. The third kappa shape index (κ3) is 4.50. The molecule has 3 rings (SSSR count). The molecule has 1 aliphatic rings. The zero-order valence-corrected chi connectivity index (χ0v) is 15.4. The van der Waals surface area contributed by atoms with Crippen LogP contribution < -0.4 is 10.1 Å². The van der Waals surface area contributed by atoms with E-state index in [1.165, 1.54) is 6.42 Å². The maximum absolute atomic E-state index is 12.5. The fourth-order valence-electron chi connectivity index (χ4n) is 3.31. The fraction of sp³-hybridized carbons (Fsp3) is 0.450. The Hall–Kier alpha value is -2.63. The first-order chi connectivity index (χ1) is 12.7. The van der Waals surface area contributed by atoms with Gasteiger partial charge in [-0.1, -0.05) is 25.1 Å². The van der Waals surface area contributed by atoms with Crippen molar-refractivity contribution in [3.8, 4) is 5.75 Å². The number of aromatic nitrogens is 2. The molecular formula is C20H26N4O2. The van der Waals surface area contributed by atoms with Crippen molar-refractivity contribution in [1.29, 1.82) is 0 Å². The van der Waals surface area contributed by atoms with Crippen molar-refractivity contribution in [1.82, 2.24) is 15.1 Å². The lowest BCUT2D eigenvalue weighted by atomic mass is 10.00. The van der Waals surface area contributed by atoms with E-state index in [0.717, 1.165) is 37.2 Å². The molecule has 1 fully saturated rings. The Labute approximate surface area is 154 Å². The number of methoxy groups -OCH3 is 1. The number of nitrogens with zero attached hydrogens (tertiary/aromatic N) is 3. The van der Waals surface area contributed by atoms with Gasteiger partial charge in [0, 0.05) is 19.6 Å². The van der Waals surface area contributed by atoms with E-state index in [-0.39, 0.29) is 5.91 Å². The SMILES string of the molecule is COc1ccccc1CCNc1ccc(C(=O)N2CCCC(C)C2)nn1. The number of likely N-dealkylation sites (tertiary alicyclic amines) is 1. The van der Waals surface area contributed by atoms with Gasteiger partial charge in [-0.3, -0.25) is 4.79 Å². The van der Waals surface area contributed by atoms with Gasteiger partial charge < -0.3 is 15.0 Å². The molecule has 0 spiro atoms. The normalized spacial score (nSPS) is 17.0. The number of para-hydroxylation sites is 1. The average Bonchev–Trinajstić information content (AvgIpc) is 2.68. The van der Waals surface area contributed by atoms with Crippen molar-refractivity contribution in [2.24, 2.45) is 5.92 Å². The molecule has 1 amide bonds. The lowest BCUT2D eigenvalue weighted by molar-refractivity contribution is 0.0676. The number of carbonyl (C=O) groups is 1. The van der Waals surface area contributed by atoms with E-state index in [0.29, 0.717) is 24.0 Å². The molecule has 138 valence electrons. The molecule has 0 aliphatic carbocycles. The van der Waals surface area contributed by atoms with Crippen LogP contribution >= 0.6 is 0 Å². The summed E-state index contributed by atoms with van der Waals surface area (Å²) < 4.78 is 5.36. The molecule has 1 aromatic heterocycles. The lowest BCUT2D eigenvalue weighted by Gasteiger charge is -2.30. The van der Waals surface area contributed by atoms with Gasteiger partial charge in [0.25, 0.3) is 5.91 Å². The lowest BCUT2D eigenvalue weighted by Crippen LogP contribution is -2.39. The van der Waals surface area contributed by atoms with Crippen molar-refractivity contribution < 1.29 is 9.53 Å². The second-order valence-electron chi connectivity index (χ2n) is 6.79. The van der Waals surface area contributed by atoms with E-state index in [1.54, 1.807) is 13.2 Å². The Morgan fingerprint density at radius 1 is 1.27 bits per heavy atom. The predicted molar refractivity (Wildman–Crippen MR) is 102 cm³/mol. The zero-order valence-electron chi connectivity index (χ0n) is 15.4. The van der Waals surface area contributed by atoms with Crippen LogP contribution in [0.4, 0.5) is 5.82 Å². The van der Waals surface area contributed by atoms with Crippen LogP contribution in [0.15, 0.2) is 36.4 Å². The number of amides is 1. The molecule has 1 saturated heterocycles. The number of ether oxygens (including phenoxy) is 1. The minimum Gasteiger partial charge on any atom is -0.496 e. The summed E-state index contributed by atoms with van der Waals surface area (Å²) in [7, 11) is 1.68. The number of nitrogens with one attached hydrogen (secondary N) is 1. The third-order valence-electron chi connectivity index (χ3n) is 4.72. The van der Waals surface area contributed by atoms with Crippen LogP contribution in [0.5, 0.6) is 5.75 Å². The number of carbonyl (C=O) groups excluding carboxylic acids is 1. The molecule has 1 unspecified atom stereocenters. The molecule has 0 bridgehead atoms. The second-order valence-corrected chi connectivity index (χ2v) is 6.79. The zero-order chi connectivity index (χ0) is 18.4. The molecular weight excluding hydrogens is 328 g/mol. The highest BCUT2D eigenvalue weighted by molar-refractivity contribution is 5.92. The molecule has 1 aliphatic heterocycles. The Kier molecular flexibility index (Phi) is 6.04. The quantitative estimate of drug-likeness (QED) is 0.864. The first kappa shape index (κ1) is 18.2. The number of hydrogen-bond donors (Lipinski definition) is 1. The summed E-state index contributed by atoms with van der Waals surface area (Å²) >= 11 is 0. The molecule has 0 saturated carbocycles. The molecule has 6 nitrogen and oxygen atoms in total. The van der Waals surface area contributed by atoms with Crippen molar-refractivity contribution in [2.75, 3.05) is 32.1 Å². The summed E-state index contributed by atoms with van der Waals surface area (Å²) in [5, 5.41) is 11.5. The number of hydrogen-bond acceptors (Lipinski definition) is 5. The van der Waals surface area contributed by atoms with E-state index < -0.39 is 0 Å². The Bertz CT molecular complexity index is 733. The number of rotatable bonds is 6. The summed E-state index contributed by atoms with van der Waals surface area (Å²) in [6, 6.07) is 11.5. The summed E-state index contributed by atoms with van der Waals surface area (Å²) in [5.74, 6) is 2.08. The van der Waals surface area contributed by atoms with Crippen LogP contribution in [0.25, 0.3) is 0 Å². The van der Waals surface area contributed by atoms with E-state index in [2.05, 4.69) is 22.4 Å². The van der Waals surface area contributed by atoms with Gasteiger partial charge in [-0.25, -0.2) is 0 Å². The van der Waals surface area contributed by atoms with Crippen LogP contribution in [-0.4, -0.2) is 47.7 Å². The highest BCUT2D eigenvalue weighted by atomic mass is 16.5. The van der Waals surface area contributed by atoms with Crippen LogP contribution in [0.3, 0.4) is 0 Å². The van der Waals surface area contributed by atoms with Crippen molar-refractivity contribution in [3.63, 3.8) is 0 Å². The first-order valence-corrected chi connectivity index (χ1v) is 9.16. The van der Waals surface area contributed by atoms with Crippen molar-refractivity contribution >= 4 is 11.7 Å². The van der Waals surface area contributed by atoms with Gasteiger partial charge in [-0.15, -0.1) is 10.2 Å². The largest absolute Gasteiger partial charge is 0.496 e. The molecule has 1 atom stereocenters. The van der Waals surface area contributed by atoms with Crippen LogP contribution in [0.1, 0.15) is 35.8 Å². The summed E-state index contributed by atoms with van der Waals surface area (Å²) in [6.07, 6.45) is 3.06. The van der Waals surface area contributed by atoms with E-state index in [1.807, 2.05) is 35.2 Å². The molecule has 1 N–H and O–H groups in total. The average molecular weight is 354 g/mol. The Morgan fingerprint density at radius 2 is 2.12 bits per heavy atom. The van der Waals surface area contributed by atoms with Gasteiger partial charge in [-0.2, -0.15) is 0 Å². The summed E-state index contributed by atoms with van der Waals surface area (Å²) in [6.45, 7) is 4.51. The fourth-order valence-corrected chi connectivity index (χ4v) is 3.31. The van der Waals surface area contributed by atoms with E-state index in [4.69, 9.17) is 4.74 Å². The standard InChI is InChI=1S/C20H26N4O2/c1-15-6-5-13-24(14-15)20(25)17-9-10-19(23-22-17)21-12-11-16-7-3-4-8-18(16)26-2/h3-4,7-10,15H,5-6,11-14H2,1-2H3,(H,21,23). The second kappa shape index (κ2) is 8.65.